The Hall–Kier alpha value is -0.590. The first-order valence-electron chi connectivity index (χ1n) is 6.65. The Balaban J connectivity index is 1.73. The monoisotopic (exact) mass is 222 g/mol. The van der Waals surface area contributed by atoms with Gasteiger partial charge in [0.2, 0.25) is 0 Å². The van der Waals surface area contributed by atoms with E-state index in [9.17, 15) is 5.26 Å². The van der Waals surface area contributed by atoms with Crippen LogP contribution in [0.15, 0.2) is 0 Å². The Morgan fingerprint density at radius 2 is 2.00 bits per heavy atom. The Morgan fingerprint density at radius 1 is 1.19 bits per heavy atom. The molecule has 2 unspecified atom stereocenters. The number of hydrogen-bond acceptors (Lipinski definition) is 3. The fourth-order valence-corrected chi connectivity index (χ4v) is 2.85. The molecule has 3 nitrogen and oxygen atoms in total. The Kier molecular flexibility index (Phi) is 4.62. The molecule has 3 heteroatoms. The predicted molar refractivity (Wildman–Crippen MR) is 63.0 cm³/mol. The van der Waals surface area contributed by atoms with Gasteiger partial charge in [0.15, 0.2) is 0 Å². The molecule has 1 saturated carbocycles. The molecule has 0 aromatic rings. The molecule has 1 N–H and O–H groups in total. The lowest BCUT2D eigenvalue weighted by Gasteiger charge is -2.27. The summed E-state index contributed by atoms with van der Waals surface area (Å²) in [6.07, 6.45) is 9.05. The molecule has 2 fully saturated rings. The van der Waals surface area contributed by atoms with Crippen molar-refractivity contribution in [3.8, 4) is 6.07 Å². The van der Waals surface area contributed by atoms with Crippen molar-refractivity contribution in [1.82, 2.24) is 5.32 Å². The zero-order valence-corrected chi connectivity index (χ0v) is 9.95. The number of ether oxygens (including phenoxy) is 1. The Bertz CT molecular complexity index is 237. The van der Waals surface area contributed by atoms with Crippen molar-refractivity contribution in [3.63, 3.8) is 0 Å². The molecule has 0 spiro atoms. The minimum Gasteiger partial charge on any atom is -0.377 e. The van der Waals surface area contributed by atoms with Gasteiger partial charge in [-0.1, -0.05) is 19.3 Å². The second kappa shape index (κ2) is 6.22. The number of rotatable bonds is 4. The number of hydrogen-bond donors (Lipinski definition) is 1. The fourth-order valence-electron chi connectivity index (χ4n) is 2.85. The molecular formula is C13H22N2O. The van der Waals surface area contributed by atoms with Crippen LogP contribution in [-0.2, 0) is 4.74 Å². The highest BCUT2D eigenvalue weighted by molar-refractivity contribution is 4.96. The third kappa shape index (κ3) is 3.20. The molecule has 1 saturated heterocycles. The molecule has 16 heavy (non-hydrogen) atoms. The van der Waals surface area contributed by atoms with Gasteiger partial charge in [0.1, 0.15) is 0 Å². The van der Waals surface area contributed by atoms with E-state index in [1.807, 2.05) is 0 Å². The molecule has 2 rings (SSSR count). The van der Waals surface area contributed by atoms with Gasteiger partial charge < -0.3 is 4.74 Å². The number of nitriles is 1. The highest BCUT2D eigenvalue weighted by Gasteiger charge is 2.24. The molecule has 2 atom stereocenters. The Morgan fingerprint density at radius 3 is 2.62 bits per heavy atom. The van der Waals surface area contributed by atoms with Gasteiger partial charge in [-0.2, -0.15) is 5.26 Å². The van der Waals surface area contributed by atoms with E-state index in [0.717, 1.165) is 19.6 Å². The van der Waals surface area contributed by atoms with Crippen LogP contribution in [0.3, 0.4) is 0 Å². The van der Waals surface area contributed by atoms with E-state index in [2.05, 4.69) is 11.4 Å². The van der Waals surface area contributed by atoms with Crippen LogP contribution in [0.5, 0.6) is 0 Å². The SMILES string of the molecule is N#CC(NCC1CCCO1)C1CCCCC1. The maximum atomic E-state index is 9.20. The van der Waals surface area contributed by atoms with Crippen LogP contribution in [0.25, 0.3) is 0 Å². The lowest BCUT2D eigenvalue weighted by Crippen LogP contribution is -2.40. The first-order valence-corrected chi connectivity index (χ1v) is 6.65. The molecule has 0 radical (unpaired) electrons. The van der Waals surface area contributed by atoms with E-state index in [0.29, 0.717) is 12.0 Å². The summed E-state index contributed by atoms with van der Waals surface area (Å²) in [5.74, 6) is 0.570. The van der Waals surface area contributed by atoms with Gasteiger partial charge in [0.25, 0.3) is 0 Å². The fraction of sp³-hybridized carbons (Fsp3) is 0.923. The molecule has 0 aromatic carbocycles. The third-order valence-electron chi connectivity index (χ3n) is 3.85. The van der Waals surface area contributed by atoms with Gasteiger partial charge in [-0.05, 0) is 31.6 Å². The molecule has 2 aliphatic rings. The normalized spacial score (nSPS) is 28.8. The highest BCUT2D eigenvalue weighted by Crippen LogP contribution is 2.26. The molecule has 1 aliphatic carbocycles. The number of nitrogens with one attached hydrogen (secondary N) is 1. The molecule has 90 valence electrons. The second-order valence-corrected chi connectivity index (χ2v) is 5.05. The highest BCUT2D eigenvalue weighted by atomic mass is 16.5. The van der Waals surface area contributed by atoms with Crippen LogP contribution in [0.1, 0.15) is 44.9 Å². The first kappa shape index (κ1) is 11.9. The van der Waals surface area contributed by atoms with Gasteiger partial charge in [-0.3, -0.25) is 5.32 Å². The van der Waals surface area contributed by atoms with Crippen LogP contribution in [0, 0.1) is 17.2 Å². The second-order valence-electron chi connectivity index (χ2n) is 5.05. The van der Waals surface area contributed by atoms with Crippen LogP contribution >= 0.6 is 0 Å². The van der Waals surface area contributed by atoms with E-state index in [-0.39, 0.29) is 6.04 Å². The van der Waals surface area contributed by atoms with Crippen LogP contribution in [-0.4, -0.2) is 25.3 Å². The van der Waals surface area contributed by atoms with Crippen LogP contribution in [0.4, 0.5) is 0 Å². The zero-order valence-electron chi connectivity index (χ0n) is 9.95. The van der Waals surface area contributed by atoms with Gasteiger partial charge in [0, 0.05) is 13.2 Å². The lowest BCUT2D eigenvalue weighted by molar-refractivity contribution is 0.106. The van der Waals surface area contributed by atoms with Crippen molar-refractivity contribution in [1.29, 1.82) is 5.26 Å². The summed E-state index contributed by atoms with van der Waals surface area (Å²) >= 11 is 0. The molecule has 0 aromatic heterocycles. The summed E-state index contributed by atoms with van der Waals surface area (Å²) in [6.45, 7) is 1.75. The summed E-state index contributed by atoms with van der Waals surface area (Å²) in [4.78, 5) is 0. The molecule has 1 aliphatic heterocycles. The van der Waals surface area contributed by atoms with Crippen LogP contribution < -0.4 is 5.32 Å². The van der Waals surface area contributed by atoms with Crippen molar-refractivity contribution >= 4 is 0 Å². The van der Waals surface area contributed by atoms with E-state index in [1.54, 1.807) is 0 Å². The van der Waals surface area contributed by atoms with Gasteiger partial charge >= 0.3 is 0 Å². The summed E-state index contributed by atoms with van der Waals surface area (Å²) < 4.78 is 5.56. The summed E-state index contributed by atoms with van der Waals surface area (Å²) in [7, 11) is 0. The summed E-state index contributed by atoms with van der Waals surface area (Å²) in [6, 6.07) is 2.47. The minimum absolute atomic E-state index is 0.0458. The molecule has 0 amide bonds. The maximum absolute atomic E-state index is 9.20. The standard InChI is InChI=1S/C13H22N2O/c14-9-13(11-5-2-1-3-6-11)15-10-12-7-4-8-16-12/h11-13,15H,1-8,10H2. The minimum atomic E-state index is 0.0458. The largest absolute Gasteiger partial charge is 0.377 e. The third-order valence-corrected chi connectivity index (χ3v) is 3.85. The van der Waals surface area contributed by atoms with Crippen LogP contribution in [0.2, 0.25) is 0 Å². The van der Waals surface area contributed by atoms with Gasteiger partial charge in [0.05, 0.1) is 18.2 Å². The number of nitrogens with zero attached hydrogens (tertiary/aromatic N) is 1. The lowest BCUT2D eigenvalue weighted by atomic mass is 9.84. The van der Waals surface area contributed by atoms with E-state index < -0.39 is 0 Å². The average Bonchev–Trinajstić information content (AvgIpc) is 2.84. The Labute approximate surface area is 98.2 Å². The summed E-state index contributed by atoms with van der Waals surface area (Å²) in [5.41, 5.74) is 0. The van der Waals surface area contributed by atoms with E-state index in [1.165, 1.54) is 38.5 Å². The summed E-state index contributed by atoms with van der Waals surface area (Å²) in [5, 5.41) is 12.6. The van der Waals surface area contributed by atoms with Crippen molar-refractivity contribution in [2.45, 2.75) is 57.1 Å². The zero-order chi connectivity index (χ0) is 11.2. The quantitative estimate of drug-likeness (QED) is 0.793. The molecule has 1 heterocycles. The van der Waals surface area contributed by atoms with Crippen molar-refractivity contribution in [2.24, 2.45) is 5.92 Å². The maximum Gasteiger partial charge on any atom is 0.0982 e. The van der Waals surface area contributed by atoms with Crippen molar-refractivity contribution < 1.29 is 4.74 Å². The van der Waals surface area contributed by atoms with Gasteiger partial charge in [-0.15, -0.1) is 0 Å². The van der Waals surface area contributed by atoms with Gasteiger partial charge in [-0.25, -0.2) is 0 Å². The molecular weight excluding hydrogens is 200 g/mol. The first-order chi connectivity index (χ1) is 7.90. The van der Waals surface area contributed by atoms with Crippen molar-refractivity contribution in [2.75, 3.05) is 13.2 Å². The average molecular weight is 222 g/mol. The van der Waals surface area contributed by atoms with Crippen molar-refractivity contribution in [3.05, 3.63) is 0 Å². The van der Waals surface area contributed by atoms with E-state index >= 15 is 0 Å². The predicted octanol–water partition coefficient (Wildman–Crippen LogP) is 2.23. The smallest absolute Gasteiger partial charge is 0.0982 e. The topological polar surface area (TPSA) is 45.0 Å². The van der Waals surface area contributed by atoms with E-state index in [4.69, 9.17) is 4.74 Å². The molecule has 0 bridgehead atoms.